The fourth-order valence-corrected chi connectivity index (χ4v) is 4.70. The first-order chi connectivity index (χ1) is 17.1. The summed E-state index contributed by atoms with van der Waals surface area (Å²) in [6, 6.07) is 17.9. The van der Waals surface area contributed by atoms with E-state index < -0.39 is 0 Å². The van der Waals surface area contributed by atoms with E-state index in [0.717, 1.165) is 64.5 Å². The lowest BCUT2D eigenvalue weighted by atomic mass is 10.0. The predicted octanol–water partition coefficient (Wildman–Crippen LogP) is 6.24. The second kappa shape index (κ2) is 9.80. The van der Waals surface area contributed by atoms with Gasteiger partial charge in [-0.3, -0.25) is 9.88 Å². The second-order valence-corrected chi connectivity index (χ2v) is 9.09. The van der Waals surface area contributed by atoms with Gasteiger partial charge >= 0.3 is 0 Å². The van der Waals surface area contributed by atoms with Gasteiger partial charge in [0, 0.05) is 29.1 Å². The Morgan fingerprint density at radius 2 is 1.80 bits per heavy atom. The number of nitroso groups, excluding NO2 is 1. The van der Waals surface area contributed by atoms with E-state index >= 15 is 0 Å². The van der Waals surface area contributed by atoms with Crippen LogP contribution in [0.1, 0.15) is 36.9 Å². The van der Waals surface area contributed by atoms with Crippen LogP contribution in [0.5, 0.6) is 5.75 Å². The molecule has 7 heteroatoms. The van der Waals surface area contributed by atoms with Crippen molar-refractivity contribution >= 4 is 0 Å². The number of hydrogen-bond acceptors (Lipinski definition) is 6. The smallest absolute Gasteiger partial charge is 0.151 e. The monoisotopic (exact) mass is 467 g/mol. The van der Waals surface area contributed by atoms with Gasteiger partial charge in [-0.25, -0.2) is 4.98 Å². The lowest BCUT2D eigenvalue weighted by molar-refractivity contribution is 0.0612. The minimum absolute atomic E-state index is 0.0307. The molecule has 1 aliphatic rings. The third-order valence-electron chi connectivity index (χ3n) is 6.59. The Morgan fingerprint density at radius 1 is 1.06 bits per heavy atom. The molecule has 2 heterocycles. The van der Waals surface area contributed by atoms with Crippen molar-refractivity contribution in [3.63, 3.8) is 0 Å². The van der Waals surface area contributed by atoms with Gasteiger partial charge in [0.25, 0.3) is 0 Å². The summed E-state index contributed by atoms with van der Waals surface area (Å²) in [7, 11) is 4.03. The molecule has 2 aromatic carbocycles. The zero-order valence-corrected chi connectivity index (χ0v) is 20.2. The maximum atomic E-state index is 11.2. The third kappa shape index (κ3) is 4.59. The number of rotatable bonds is 8. The molecule has 2 aromatic heterocycles. The molecule has 0 aliphatic heterocycles. The molecule has 4 aromatic rings. The van der Waals surface area contributed by atoms with Crippen LogP contribution >= 0.6 is 0 Å². The molecule has 0 radical (unpaired) electrons. The number of nitrogens with zero attached hydrogens (tertiary/aromatic N) is 4. The molecule has 2 atom stereocenters. The van der Waals surface area contributed by atoms with Crippen molar-refractivity contribution in [2.24, 2.45) is 5.18 Å². The Balaban J connectivity index is 1.52. The summed E-state index contributed by atoms with van der Waals surface area (Å²) in [6.45, 7) is 2.11. The number of aryl methyl sites for hydroxylation is 1. The van der Waals surface area contributed by atoms with E-state index in [0.29, 0.717) is 0 Å². The number of pyridine rings is 1. The molecule has 0 bridgehead atoms. The zero-order valence-electron chi connectivity index (χ0n) is 20.2. The van der Waals surface area contributed by atoms with E-state index in [4.69, 9.17) is 9.72 Å². The predicted molar refractivity (Wildman–Crippen MR) is 138 cm³/mol. The van der Waals surface area contributed by atoms with Gasteiger partial charge in [0.05, 0.1) is 11.4 Å². The topological polar surface area (TPSA) is 83.5 Å². The molecule has 5 rings (SSSR count). The Morgan fingerprint density at radius 3 is 2.49 bits per heavy atom. The molecule has 35 heavy (non-hydrogen) atoms. The number of hydrogen-bond donors (Lipinski definition) is 1. The average molecular weight is 468 g/mol. The van der Waals surface area contributed by atoms with Gasteiger partial charge in [0.1, 0.15) is 17.6 Å². The highest BCUT2D eigenvalue weighted by molar-refractivity contribution is 5.81. The van der Waals surface area contributed by atoms with Crippen molar-refractivity contribution in [2.75, 3.05) is 14.1 Å². The Hall–Kier alpha value is -3.84. The summed E-state index contributed by atoms with van der Waals surface area (Å²) in [6.07, 6.45) is 6.12. The number of nitrogens with one attached hydrogen (secondary N) is 1. The van der Waals surface area contributed by atoms with Gasteiger partial charge in [-0.15, -0.1) is 0 Å². The van der Waals surface area contributed by atoms with E-state index in [1.165, 1.54) is 5.56 Å². The van der Waals surface area contributed by atoms with Crippen LogP contribution in [0.3, 0.4) is 0 Å². The molecule has 2 unspecified atom stereocenters. The number of aromatic nitrogens is 3. The highest BCUT2D eigenvalue weighted by atomic mass is 16.5. The highest BCUT2D eigenvalue weighted by Crippen LogP contribution is 2.39. The lowest BCUT2D eigenvalue weighted by Gasteiger charge is -2.24. The molecular weight excluding hydrogens is 438 g/mol. The van der Waals surface area contributed by atoms with Gasteiger partial charge in [-0.05, 0) is 86.9 Å². The number of ether oxygens (including phenoxy) is 1. The summed E-state index contributed by atoms with van der Waals surface area (Å²) in [5.41, 5.74) is 7.01. The van der Waals surface area contributed by atoms with Crippen LogP contribution in [-0.4, -0.2) is 40.2 Å². The third-order valence-corrected chi connectivity index (χ3v) is 6.59. The highest BCUT2D eigenvalue weighted by Gasteiger charge is 2.24. The van der Waals surface area contributed by atoms with E-state index in [1.54, 1.807) is 12.4 Å². The van der Waals surface area contributed by atoms with Crippen molar-refractivity contribution in [1.29, 1.82) is 0 Å². The number of fused-ring (bicyclic) bond motifs is 1. The van der Waals surface area contributed by atoms with Gasteiger partial charge in [-0.1, -0.05) is 24.2 Å². The van der Waals surface area contributed by atoms with E-state index in [-0.39, 0.29) is 12.3 Å². The molecular formula is C28H29N5O2. The summed E-state index contributed by atoms with van der Waals surface area (Å²) in [4.78, 5) is 26.0. The van der Waals surface area contributed by atoms with E-state index in [2.05, 4.69) is 33.0 Å². The lowest BCUT2D eigenvalue weighted by Crippen LogP contribution is -2.32. The molecule has 0 fully saturated rings. The molecule has 0 spiro atoms. The van der Waals surface area contributed by atoms with Crippen molar-refractivity contribution in [3.8, 4) is 39.7 Å². The van der Waals surface area contributed by atoms with Gasteiger partial charge in [0.2, 0.25) is 0 Å². The first-order valence-corrected chi connectivity index (χ1v) is 12.0. The average Bonchev–Trinajstić information content (AvgIpc) is 3.52. The standard InChI is InChI=1S/C28H29N5O2/c1-4-25(33(2)3)35-22-9-5-19(6-10-22)28-30-26(18-13-15-29-16-14-18)27(31-28)21-7-11-23-20(17-21)8-12-24(23)32-34/h5-7,9-11,13-17,24-25H,4,8,12H2,1-3H3,(H,30,31). The van der Waals surface area contributed by atoms with Gasteiger partial charge in [0.15, 0.2) is 6.23 Å². The Bertz CT molecular complexity index is 1320. The number of benzene rings is 2. The van der Waals surface area contributed by atoms with Gasteiger partial charge in [-0.2, -0.15) is 4.91 Å². The fraction of sp³-hybridized carbons (Fsp3) is 0.286. The molecule has 178 valence electrons. The van der Waals surface area contributed by atoms with E-state index in [9.17, 15) is 4.91 Å². The first kappa shape index (κ1) is 22.9. The maximum Gasteiger partial charge on any atom is 0.151 e. The van der Waals surface area contributed by atoms with Crippen LogP contribution in [0.2, 0.25) is 0 Å². The van der Waals surface area contributed by atoms with Crippen LogP contribution in [0, 0.1) is 4.91 Å². The minimum Gasteiger partial charge on any atom is -0.475 e. The SMILES string of the molecule is CCC(Oc1ccc(-c2nc(-c3ccc4c(c3)CCC4N=O)c(-c3ccncc3)[nH]2)cc1)N(C)C. The van der Waals surface area contributed by atoms with E-state index in [1.807, 2.05) is 62.6 Å². The van der Waals surface area contributed by atoms with Crippen molar-refractivity contribution in [3.05, 3.63) is 83.0 Å². The minimum atomic E-state index is -0.242. The van der Waals surface area contributed by atoms with Crippen LogP contribution in [-0.2, 0) is 6.42 Å². The van der Waals surface area contributed by atoms with Gasteiger partial charge < -0.3 is 9.72 Å². The Kier molecular flexibility index (Phi) is 6.42. The largest absolute Gasteiger partial charge is 0.475 e. The summed E-state index contributed by atoms with van der Waals surface area (Å²) in [5, 5.41) is 3.29. The summed E-state index contributed by atoms with van der Waals surface area (Å²) in [5.74, 6) is 1.61. The molecule has 0 amide bonds. The molecule has 0 saturated heterocycles. The summed E-state index contributed by atoms with van der Waals surface area (Å²) < 4.78 is 6.10. The second-order valence-electron chi connectivity index (χ2n) is 9.09. The quantitative estimate of drug-likeness (QED) is 0.245. The molecule has 1 N–H and O–H groups in total. The molecule has 0 saturated carbocycles. The van der Waals surface area contributed by atoms with Crippen molar-refractivity contribution in [2.45, 2.75) is 38.5 Å². The summed E-state index contributed by atoms with van der Waals surface area (Å²) >= 11 is 0. The number of imidazole rings is 1. The van der Waals surface area contributed by atoms with Crippen LogP contribution in [0.4, 0.5) is 0 Å². The zero-order chi connectivity index (χ0) is 24.4. The van der Waals surface area contributed by atoms with Crippen LogP contribution in [0.25, 0.3) is 33.9 Å². The molecule has 1 aliphatic carbocycles. The first-order valence-electron chi connectivity index (χ1n) is 12.0. The maximum absolute atomic E-state index is 11.2. The van der Waals surface area contributed by atoms with Crippen LogP contribution in [0.15, 0.2) is 72.2 Å². The van der Waals surface area contributed by atoms with Crippen molar-refractivity contribution in [1.82, 2.24) is 19.9 Å². The normalized spacial score (nSPS) is 15.7. The number of H-pyrrole nitrogens is 1. The molecule has 7 nitrogen and oxygen atoms in total. The van der Waals surface area contributed by atoms with Crippen LogP contribution < -0.4 is 4.74 Å². The van der Waals surface area contributed by atoms with Crippen molar-refractivity contribution < 1.29 is 4.74 Å². The Labute approximate surface area is 205 Å². The number of aromatic amines is 1. The fourth-order valence-electron chi connectivity index (χ4n) is 4.70.